The van der Waals surface area contributed by atoms with Gasteiger partial charge >= 0.3 is 0 Å². The summed E-state index contributed by atoms with van der Waals surface area (Å²) in [6.45, 7) is 7.47. The third-order valence-corrected chi connectivity index (χ3v) is 8.58. The summed E-state index contributed by atoms with van der Waals surface area (Å²) in [6, 6.07) is 11.5. The maximum absolute atomic E-state index is 12.2. The monoisotopic (exact) mass is 598 g/mol. The highest BCUT2D eigenvalue weighted by molar-refractivity contribution is 5.93. The fourth-order valence-electron chi connectivity index (χ4n) is 5.56. The van der Waals surface area contributed by atoms with Crippen LogP contribution in [0.2, 0.25) is 0 Å². The van der Waals surface area contributed by atoms with Gasteiger partial charge in [0.1, 0.15) is 22.8 Å². The number of methoxy groups -OCH3 is 3. The lowest BCUT2D eigenvalue weighted by molar-refractivity contribution is -0.124. The van der Waals surface area contributed by atoms with E-state index in [0.717, 1.165) is 65.3 Å². The number of hydrogen-bond donors (Lipinski definition) is 1. The van der Waals surface area contributed by atoms with Crippen molar-refractivity contribution in [3.05, 3.63) is 60.2 Å². The molecule has 12 heteroatoms. The van der Waals surface area contributed by atoms with Crippen molar-refractivity contribution in [2.45, 2.75) is 51.6 Å². The first-order valence-corrected chi connectivity index (χ1v) is 14.7. The summed E-state index contributed by atoms with van der Waals surface area (Å²) in [7, 11) is 4.92. The number of carbonyl (C=O) groups is 1. The molecule has 230 valence electrons. The summed E-state index contributed by atoms with van der Waals surface area (Å²) in [4.78, 5) is 24.5. The molecule has 0 amide bonds. The van der Waals surface area contributed by atoms with Gasteiger partial charge in [-0.1, -0.05) is 0 Å². The van der Waals surface area contributed by atoms with E-state index in [0.29, 0.717) is 24.0 Å². The number of anilines is 2. The Kier molecular flexibility index (Phi) is 7.74. The van der Waals surface area contributed by atoms with Crippen LogP contribution in [0, 0.1) is 0 Å². The lowest BCUT2D eigenvalue weighted by atomic mass is 9.97. The Balaban J connectivity index is 1.33. The predicted octanol–water partition coefficient (Wildman–Crippen LogP) is 4.82. The second-order valence-corrected chi connectivity index (χ2v) is 11.6. The molecular weight excluding hydrogens is 560 g/mol. The molecule has 1 N–H and O–H groups in total. The number of piperidine rings is 1. The molecule has 0 saturated carbocycles. The average molecular weight is 599 g/mol. The number of Topliss-reactive ketones (excluding diaryl/α,β-unsaturated/α-hetero) is 1. The minimum atomic E-state index is -0.702. The molecule has 5 aromatic rings. The molecule has 1 atom stereocenters. The number of ether oxygens (including phenoxy) is 3. The third-order valence-electron chi connectivity index (χ3n) is 8.58. The molecule has 2 aromatic carbocycles. The molecule has 0 spiro atoms. The second kappa shape index (κ2) is 11.7. The number of fused-ring (bicyclic) bond motifs is 3. The number of nitrogens with zero attached hydrogens (tertiary/aromatic N) is 7. The topological polar surface area (TPSA) is 121 Å². The molecule has 1 fully saturated rings. The lowest BCUT2D eigenvalue weighted by Gasteiger charge is -2.32. The van der Waals surface area contributed by atoms with Crippen LogP contribution in [0.1, 0.15) is 50.9 Å². The van der Waals surface area contributed by atoms with Crippen molar-refractivity contribution in [1.82, 2.24) is 29.4 Å². The highest BCUT2D eigenvalue weighted by Crippen LogP contribution is 2.32. The fourth-order valence-corrected chi connectivity index (χ4v) is 5.56. The first kappa shape index (κ1) is 29.2. The molecule has 4 heterocycles. The highest BCUT2D eigenvalue weighted by atomic mass is 16.5. The lowest BCUT2D eigenvalue weighted by Crippen LogP contribution is -2.35. The molecule has 1 aliphatic rings. The molecule has 1 saturated heterocycles. The van der Waals surface area contributed by atoms with Crippen molar-refractivity contribution in [2.24, 2.45) is 0 Å². The van der Waals surface area contributed by atoms with E-state index in [-0.39, 0.29) is 11.7 Å². The van der Waals surface area contributed by atoms with Crippen LogP contribution in [0.3, 0.4) is 0 Å². The van der Waals surface area contributed by atoms with E-state index in [4.69, 9.17) is 29.3 Å². The number of nitrogens with one attached hydrogen (secondary N) is 1. The maximum atomic E-state index is 12.2. The largest absolute Gasteiger partial charge is 0.497 e. The van der Waals surface area contributed by atoms with Crippen LogP contribution in [0.5, 0.6) is 17.2 Å². The van der Waals surface area contributed by atoms with Gasteiger partial charge in [0.2, 0.25) is 5.95 Å². The van der Waals surface area contributed by atoms with Gasteiger partial charge in [-0.05, 0) is 57.9 Å². The normalized spacial score (nSPS) is 15.5. The van der Waals surface area contributed by atoms with E-state index in [1.807, 2.05) is 62.6 Å². The van der Waals surface area contributed by atoms with Gasteiger partial charge in [-0.2, -0.15) is 9.61 Å². The Morgan fingerprint density at radius 3 is 2.57 bits per heavy atom. The number of hydrogen-bond acceptors (Lipinski definition) is 10. The van der Waals surface area contributed by atoms with E-state index in [9.17, 15) is 4.79 Å². The number of rotatable bonds is 10. The summed E-state index contributed by atoms with van der Waals surface area (Å²) in [5.74, 6) is 3.65. The Hall–Kier alpha value is -4.87. The van der Waals surface area contributed by atoms with Gasteiger partial charge in [-0.15, -0.1) is 5.10 Å². The molecule has 44 heavy (non-hydrogen) atoms. The van der Waals surface area contributed by atoms with Crippen molar-refractivity contribution in [2.75, 3.05) is 44.6 Å². The molecule has 0 unspecified atom stereocenters. The van der Waals surface area contributed by atoms with Crippen molar-refractivity contribution in [3.8, 4) is 17.2 Å². The minimum Gasteiger partial charge on any atom is -0.497 e. The zero-order valence-electron chi connectivity index (χ0n) is 26.0. The summed E-state index contributed by atoms with van der Waals surface area (Å²) >= 11 is 0. The van der Waals surface area contributed by atoms with Gasteiger partial charge < -0.3 is 24.4 Å². The standard InChI is InChI=1S/C32H38N8O4/c1-20(41)32(2,3)39-19-23(17-34-39)38-13-7-8-22(18-38)29-36-30-26-12-11-24(42-4)14-27(26)35-31(40(30)37-29)33-16-21-9-10-25(43-5)15-28(21)44-6/h9-12,14-15,17,19,22H,7-8,13,16,18H2,1-6H3,(H,33,35)/t22-/m1/s1. The first-order chi connectivity index (χ1) is 21.2. The zero-order valence-corrected chi connectivity index (χ0v) is 26.0. The van der Waals surface area contributed by atoms with Crippen molar-refractivity contribution < 1.29 is 19.0 Å². The Labute approximate surface area is 255 Å². The summed E-state index contributed by atoms with van der Waals surface area (Å²) < 4.78 is 20.0. The van der Waals surface area contributed by atoms with Gasteiger partial charge in [0.15, 0.2) is 17.3 Å². The van der Waals surface area contributed by atoms with Crippen LogP contribution in [-0.2, 0) is 16.9 Å². The summed E-state index contributed by atoms with van der Waals surface area (Å²) in [6.07, 6.45) is 5.75. The number of ketones is 1. The van der Waals surface area contributed by atoms with Crippen LogP contribution in [0.15, 0.2) is 48.8 Å². The zero-order chi connectivity index (χ0) is 31.0. The summed E-state index contributed by atoms with van der Waals surface area (Å²) in [5, 5.41) is 13.9. The van der Waals surface area contributed by atoms with E-state index in [1.54, 1.807) is 37.5 Å². The van der Waals surface area contributed by atoms with Gasteiger partial charge in [0.25, 0.3) is 0 Å². The maximum Gasteiger partial charge on any atom is 0.226 e. The van der Waals surface area contributed by atoms with Gasteiger partial charge in [-0.25, -0.2) is 9.97 Å². The molecule has 6 rings (SSSR count). The average Bonchev–Trinajstić information content (AvgIpc) is 3.73. The van der Waals surface area contributed by atoms with E-state index in [1.165, 1.54) is 0 Å². The van der Waals surface area contributed by atoms with Crippen molar-refractivity contribution in [3.63, 3.8) is 0 Å². The molecule has 1 aliphatic heterocycles. The molecular formula is C32H38N8O4. The van der Waals surface area contributed by atoms with Crippen LogP contribution in [0.4, 0.5) is 11.6 Å². The smallest absolute Gasteiger partial charge is 0.226 e. The van der Waals surface area contributed by atoms with Crippen molar-refractivity contribution in [1.29, 1.82) is 0 Å². The van der Waals surface area contributed by atoms with E-state index < -0.39 is 5.54 Å². The minimum absolute atomic E-state index is 0.0610. The molecule has 0 aliphatic carbocycles. The number of benzene rings is 2. The van der Waals surface area contributed by atoms with Gasteiger partial charge in [-0.3, -0.25) is 9.48 Å². The molecule has 0 radical (unpaired) electrons. The van der Waals surface area contributed by atoms with Crippen LogP contribution >= 0.6 is 0 Å². The Morgan fingerprint density at radius 1 is 1.05 bits per heavy atom. The van der Waals surface area contributed by atoms with Crippen LogP contribution in [-0.4, -0.2) is 69.6 Å². The Morgan fingerprint density at radius 2 is 1.82 bits per heavy atom. The van der Waals surface area contributed by atoms with Crippen LogP contribution < -0.4 is 24.4 Å². The molecule has 0 bridgehead atoms. The molecule has 3 aromatic heterocycles. The SMILES string of the molecule is COc1ccc(CNc2nc3cc(OC)ccc3c3nc([C@@H]4CCCN(c5cnn(C(C)(C)C(C)=O)c5)C4)nn23)c(OC)c1. The van der Waals surface area contributed by atoms with Gasteiger partial charge in [0, 0.05) is 54.8 Å². The summed E-state index contributed by atoms with van der Waals surface area (Å²) in [5.41, 5.74) is 2.72. The number of carbonyl (C=O) groups excluding carboxylic acids is 1. The molecule has 12 nitrogen and oxygen atoms in total. The third kappa shape index (κ3) is 5.36. The fraction of sp³-hybridized carbons (Fsp3) is 0.406. The number of aromatic nitrogens is 6. The van der Waals surface area contributed by atoms with Gasteiger partial charge in [0.05, 0.1) is 38.7 Å². The second-order valence-electron chi connectivity index (χ2n) is 11.6. The predicted molar refractivity (Wildman–Crippen MR) is 168 cm³/mol. The van der Waals surface area contributed by atoms with E-state index >= 15 is 0 Å². The van der Waals surface area contributed by atoms with Crippen molar-refractivity contribution >= 4 is 34.0 Å². The highest BCUT2D eigenvalue weighted by Gasteiger charge is 2.30. The first-order valence-electron chi connectivity index (χ1n) is 14.7. The quantitative estimate of drug-likeness (QED) is 0.240. The van der Waals surface area contributed by atoms with E-state index in [2.05, 4.69) is 15.3 Å². The Bertz CT molecular complexity index is 1830. The van der Waals surface area contributed by atoms with Crippen LogP contribution in [0.25, 0.3) is 16.6 Å².